The van der Waals surface area contributed by atoms with Crippen molar-refractivity contribution in [2.45, 2.75) is 62.9 Å². The minimum absolute atomic E-state index is 0.0837. The van der Waals surface area contributed by atoms with Gasteiger partial charge in [0.25, 0.3) is 0 Å². The van der Waals surface area contributed by atoms with Gasteiger partial charge < -0.3 is 47.7 Å². The Morgan fingerprint density at radius 3 is 2.15 bits per heavy atom. The van der Waals surface area contributed by atoms with Gasteiger partial charge in [0, 0.05) is 23.5 Å². The molecule has 2 rings (SSSR count). The average Bonchev–Trinajstić information content (AvgIpc) is 3.26. The maximum atomic E-state index is 13.0. The van der Waals surface area contributed by atoms with Crippen LogP contribution in [0.25, 0.3) is 10.9 Å². The number of carbonyl (C=O) groups excluding carboxylic acids is 4. The highest BCUT2D eigenvalue weighted by Gasteiger charge is 2.32. The molecule has 1 aromatic heterocycles. The second-order valence-corrected chi connectivity index (χ2v) is 8.96. The van der Waals surface area contributed by atoms with Crippen LogP contribution in [-0.2, 0) is 35.2 Å². The number of aromatic nitrogens is 1. The minimum atomic E-state index is -1.75. The van der Waals surface area contributed by atoms with E-state index in [4.69, 9.17) is 16.6 Å². The number of benzene rings is 1. The van der Waals surface area contributed by atoms with Gasteiger partial charge in [-0.1, -0.05) is 18.2 Å². The number of hydrogen-bond donors (Lipinski definition) is 9. The lowest BCUT2D eigenvalue weighted by Crippen LogP contribution is -2.58. The predicted molar refractivity (Wildman–Crippen MR) is 136 cm³/mol. The molecule has 39 heavy (non-hydrogen) atoms. The maximum Gasteiger partial charge on any atom is 0.328 e. The number of aliphatic carboxylic acids is 2. The molecule has 11 N–H and O–H groups in total. The van der Waals surface area contributed by atoms with Crippen LogP contribution in [-0.4, -0.2) is 86.1 Å². The van der Waals surface area contributed by atoms with Crippen molar-refractivity contribution in [3.8, 4) is 0 Å². The number of carboxylic acids is 2. The summed E-state index contributed by atoms with van der Waals surface area (Å²) in [5.74, 6) is -6.79. The number of aromatic amines is 1. The highest BCUT2D eigenvalue weighted by molar-refractivity contribution is 5.96. The Bertz CT molecular complexity index is 1230. The number of nitrogens with two attached hydrogens (primary N) is 2. The summed E-state index contributed by atoms with van der Waals surface area (Å²) in [4.78, 5) is 75.5. The first-order valence-corrected chi connectivity index (χ1v) is 11.9. The summed E-state index contributed by atoms with van der Waals surface area (Å²) in [5.41, 5.74) is 12.8. The van der Waals surface area contributed by atoms with Crippen LogP contribution < -0.4 is 27.4 Å². The third kappa shape index (κ3) is 9.08. The molecular weight excluding hydrogens is 516 g/mol. The lowest BCUT2D eigenvalue weighted by Gasteiger charge is -2.25. The van der Waals surface area contributed by atoms with Crippen LogP contribution in [0.1, 0.15) is 31.7 Å². The zero-order valence-electron chi connectivity index (χ0n) is 21.0. The Labute approximate surface area is 222 Å². The molecule has 5 atom stereocenters. The molecule has 15 heteroatoms. The number of hydrogen-bond acceptors (Lipinski definition) is 8. The van der Waals surface area contributed by atoms with E-state index in [-0.39, 0.29) is 6.42 Å². The largest absolute Gasteiger partial charge is 0.481 e. The second kappa shape index (κ2) is 13.9. The number of rotatable bonds is 15. The van der Waals surface area contributed by atoms with Crippen molar-refractivity contribution < 1.29 is 44.1 Å². The first-order valence-electron chi connectivity index (χ1n) is 11.9. The van der Waals surface area contributed by atoms with Crippen LogP contribution >= 0.6 is 0 Å². The van der Waals surface area contributed by atoms with E-state index >= 15 is 0 Å². The van der Waals surface area contributed by atoms with E-state index in [1.807, 2.05) is 29.6 Å². The number of H-pyrrole nitrogens is 1. The predicted octanol–water partition coefficient (Wildman–Crippen LogP) is -2.30. The summed E-state index contributed by atoms with van der Waals surface area (Å²) in [5, 5.41) is 35.2. The molecule has 0 bridgehead atoms. The van der Waals surface area contributed by atoms with Crippen molar-refractivity contribution in [3.63, 3.8) is 0 Å². The van der Waals surface area contributed by atoms with Gasteiger partial charge in [-0.2, -0.15) is 0 Å². The monoisotopic (exact) mass is 548 g/mol. The Balaban J connectivity index is 2.16. The van der Waals surface area contributed by atoms with E-state index in [9.17, 15) is 39.0 Å². The molecular formula is C24H32N6O9. The molecule has 0 saturated heterocycles. The molecule has 1 aromatic carbocycles. The van der Waals surface area contributed by atoms with Crippen LogP contribution in [0.2, 0.25) is 0 Å². The van der Waals surface area contributed by atoms with Gasteiger partial charge in [0.15, 0.2) is 6.04 Å². The molecule has 4 amide bonds. The molecule has 0 spiro atoms. The fourth-order valence-corrected chi connectivity index (χ4v) is 3.77. The van der Waals surface area contributed by atoms with Crippen LogP contribution in [0.4, 0.5) is 0 Å². The van der Waals surface area contributed by atoms with Crippen LogP contribution in [0, 0.1) is 0 Å². The number of carbonyl (C=O) groups is 6. The summed E-state index contributed by atoms with van der Waals surface area (Å²) in [6, 6.07) is 1.29. The summed E-state index contributed by atoms with van der Waals surface area (Å²) < 4.78 is 0. The number of aliphatic hydroxyl groups excluding tert-OH is 1. The summed E-state index contributed by atoms with van der Waals surface area (Å²) in [6.45, 7) is 1.11. The fourth-order valence-electron chi connectivity index (χ4n) is 3.77. The lowest BCUT2D eigenvalue weighted by molar-refractivity contribution is -0.145. The van der Waals surface area contributed by atoms with Gasteiger partial charge in [0.1, 0.15) is 12.1 Å². The third-order valence-electron chi connectivity index (χ3n) is 5.82. The van der Waals surface area contributed by atoms with Gasteiger partial charge in [0.2, 0.25) is 23.6 Å². The summed E-state index contributed by atoms with van der Waals surface area (Å²) in [6.07, 6.45) is -1.46. The van der Waals surface area contributed by atoms with E-state index in [0.29, 0.717) is 0 Å². The third-order valence-corrected chi connectivity index (χ3v) is 5.82. The molecule has 0 radical (unpaired) electrons. The maximum absolute atomic E-state index is 13.0. The zero-order valence-corrected chi connectivity index (χ0v) is 21.0. The first kappa shape index (κ1) is 30.7. The number of nitrogens with one attached hydrogen (secondary N) is 4. The quantitative estimate of drug-likeness (QED) is 0.115. The van der Waals surface area contributed by atoms with E-state index in [1.54, 1.807) is 6.20 Å². The molecule has 15 nitrogen and oxygen atoms in total. The van der Waals surface area contributed by atoms with Gasteiger partial charge in [-0.25, -0.2) is 4.79 Å². The topological polar surface area (TPSA) is 267 Å². The standard InChI is InChI=1S/C24H32N6O9/c1-11(31)20(24(38)39)30-22(36)16(6-7-19(33)34)28-23(37)17(9-18(26)32)29-21(35)14(25)8-12-10-27-15-5-3-2-4-13(12)15/h2-5,10-11,14,16-17,20,27,31H,6-9,25H2,1H3,(H2,26,32)(H,28,37)(H,29,35)(H,30,36)(H,33,34)(H,38,39). The molecule has 212 valence electrons. The van der Waals surface area contributed by atoms with Gasteiger partial charge in [0.05, 0.1) is 18.6 Å². The summed E-state index contributed by atoms with van der Waals surface area (Å²) in [7, 11) is 0. The average molecular weight is 549 g/mol. The van der Waals surface area contributed by atoms with Gasteiger partial charge >= 0.3 is 11.9 Å². The number of carboxylic acid groups (broad SMARTS) is 2. The van der Waals surface area contributed by atoms with Crippen molar-refractivity contribution in [3.05, 3.63) is 36.0 Å². The molecule has 0 saturated carbocycles. The van der Waals surface area contributed by atoms with Gasteiger partial charge in [-0.15, -0.1) is 0 Å². The molecule has 0 aliphatic heterocycles. The number of aliphatic hydroxyl groups is 1. The molecule has 0 aliphatic rings. The van der Waals surface area contributed by atoms with Gasteiger partial charge in [-0.3, -0.25) is 24.0 Å². The molecule has 2 aromatic rings. The van der Waals surface area contributed by atoms with E-state index in [1.165, 1.54) is 0 Å². The number of amides is 4. The molecule has 0 fully saturated rings. The van der Waals surface area contributed by atoms with Crippen molar-refractivity contribution >= 4 is 46.5 Å². The van der Waals surface area contributed by atoms with Crippen LogP contribution in [0.15, 0.2) is 30.5 Å². The Hall–Kier alpha value is -4.50. The Kier molecular flexibility index (Phi) is 10.9. The normalized spacial score (nSPS) is 14.8. The number of primary amides is 1. The van der Waals surface area contributed by atoms with E-state index in [0.717, 1.165) is 23.4 Å². The Morgan fingerprint density at radius 1 is 0.949 bits per heavy atom. The number of fused-ring (bicyclic) bond motifs is 1. The SMILES string of the molecule is CC(O)C(NC(=O)C(CCC(=O)O)NC(=O)C(CC(N)=O)NC(=O)C(N)Cc1c[nH]c2ccccc12)C(=O)O. The van der Waals surface area contributed by atoms with Crippen LogP contribution in [0.3, 0.4) is 0 Å². The van der Waals surface area contributed by atoms with Crippen molar-refractivity contribution in [2.24, 2.45) is 11.5 Å². The summed E-state index contributed by atoms with van der Waals surface area (Å²) >= 11 is 0. The molecule has 5 unspecified atom stereocenters. The van der Waals surface area contributed by atoms with Gasteiger partial charge in [-0.05, 0) is 31.4 Å². The number of para-hydroxylation sites is 1. The van der Waals surface area contributed by atoms with E-state index < -0.39 is 85.1 Å². The second-order valence-electron chi connectivity index (χ2n) is 8.96. The zero-order chi connectivity index (χ0) is 29.3. The highest BCUT2D eigenvalue weighted by Crippen LogP contribution is 2.18. The van der Waals surface area contributed by atoms with Crippen molar-refractivity contribution in [2.75, 3.05) is 0 Å². The first-order chi connectivity index (χ1) is 18.3. The lowest BCUT2D eigenvalue weighted by atomic mass is 10.0. The highest BCUT2D eigenvalue weighted by atomic mass is 16.4. The van der Waals surface area contributed by atoms with Crippen molar-refractivity contribution in [1.82, 2.24) is 20.9 Å². The Morgan fingerprint density at radius 2 is 1.56 bits per heavy atom. The van der Waals surface area contributed by atoms with Crippen LogP contribution in [0.5, 0.6) is 0 Å². The van der Waals surface area contributed by atoms with E-state index in [2.05, 4.69) is 15.6 Å². The molecule has 1 heterocycles. The smallest absolute Gasteiger partial charge is 0.328 e. The molecule has 0 aliphatic carbocycles. The van der Waals surface area contributed by atoms with Crippen molar-refractivity contribution in [1.29, 1.82) is 0 Å². The fraction of sp³-hybridized carbons (Fsp3) is 0.417. The minimum Gasteiger partial charge on any atom is -0.481 e.